The van der Waals surface area contributed by atoms with Gasteiger partial charge >= 0.3 is 0 Å². The summed E-state index contributed by atoms with van der Waals surface area (Å²) >= 11 is 0. The van der Waals surface area contributed by atoms with Crippen molar-refractivity contribution in [3.05, 3.63) is 23.3 Å². The number of nitriles is 1. The molecule has 0 saturated carbocycles. The molecule has 1 aromatic rings. The molecule has 4 heteroatoms. The highest BCUT2D eigenvalue weighted by atomic mass is 19.1. The van der Waals surface area contributed by atoms with Crippen LogP contribution in [0.25, 0.3) is 0 Å². The molecule has 0 N–H and O–H groups in total. The fourth-order valence-corrected chi connectivity index (χ4v) is 1.40. The Balaban J connectivity index is 3.24. The summed E-state index contributed by atoms with van der Waals surface area (Å²) in [5, 5.41) is 8.56. The van der Waals surface area contributed by atoms with E-state index in [0.717, 1.165) is 5.56 Å². The SMILES string of the molecule is COc1cc(CC#N)cc(CF)c1OC. The first-order valence-electron chi connectivity index (χ1n) is 4.43. The zero-order valence-corrected chi connectivity index (χ0v) is 8.71. The van der Waals surface area contributed by atoms with E-state index in [-0.39, 0.29) is 6.42 Å². The molecule has 3 nitrogen and oxygen atoms in total. The van der Waals surface area contributed by atoms with Gasteiger partial charge in [0, 0.05) is 5.56 Å². The molecule has 80 valence electrons. The molecular weight excluding hydrogens is 197 g/mol. The third-order valence-electron chi connectivity index (χ3n) is 2.04. The smallest absolute Gasteiger partial charge is 0.166 e. The molecule has 0 amide bonds. The number of nitrogens with zero attached hydrogens (tertiary/aromatic N) is 1. The lowest BCUT2D eigenvalue weighted by atomic mass is 10.1. The van der Waals surface area contributed by atoms with Gasteiger partial charge in [-0.2, -0.15) is 5.26 Å². The molecule has 0 spiro atoms. The lowest BCUT2D eigenvalue weighted by Crippen LogP contribution is -1.97. The second kappa shape index (κ2) is 5.20. The Labute approximate surface area is 88.0 Å². The van der Waals surface area contributed by atoms with E-state index in [9.17, 15) is 4.39 Å². The molecule has 1 aromatic carbocycles. The Morgan fingerprint density at radius 2 is 2.07 bits per heavy atom. The van der Waals surface area contributed by atoms with E-state index in [1.165, 1.54) is 14.2 Å². The highest BCUT2D eigenvalue weighted by Crippen LogP contribution is 2.33. The van der Waals surface area contributed by atoms with Crippen molar-refractivity contribution in [1.29, 1.82) is 5.26 Å². The van der Waals surface area contributed by atoms with E-state index in [2.05, 4.69) is 0 Å². The Morgan fingerprint density at radius 3 is 2.53 bits per heavy atom. The first-order chi connectivity index (χ1) is 7.26. The van der Waals surface area contributed by atoms with Crippen molar-refractivity contribution in [2.24, 2.45) is 0 Å². The van der Waals surface area contributed by atoms with Crippen LogP contribution in [0.1, 0.15) is 11.1 Å². The largest absolute Gasteiger partial charge is 0.493 e. The summed E-state index contributed by atoms with van der Waals surface area (Å²) in [5.41, 5.74) is 1.13. The van der Waals surface area contributed by atoms with Gasteiger partial charge in [-0.15, -0.1) is 0 Å². The normalized spacial score (nSPS) is 9.47. The van der Waals surface area contributed by atoms with Gasteiger partial charge in [-0.25, -0.2) is 4.39 Å². The summed E-state index contributed by atoms with van der Waals surface area (Å²) in [6, 6.07) is 5.30. The van der Waals surface area contributed by atoms with Gasteiger partial charge in [-0.3, -0.25) is 0 Å². The molecule has 0 aliphatic carbocycles. The number of halogens is 1. The van der Waals surface area contributed by atoms with Crippen molar-refractivity contribution in [3.8, 4) is 17.6 Å². The molecule has 0 aliphatic rings. The van der Waals surface area contributed by atoms with E-state index in [1.807, 2.05) is 6.07 Å². The topological polar surface area (TPSA) is 42.2 Å². The third-order valence-corrected chi connectivity index (χ3v) is 2.04. The van der Waals surface area contributed by atoms with Crippen LogP contribution in [0.2, 0.25) is 0 Å². The number of alkyl halides is 1. The maximum Gasteiger partial charge on any atom is 0.166 e. The lowest BCUT2D eigenvalue weighted by Gasteiger charge is -2.12. The van der Waals surface area contributed by atoms with Gasteiger partial charge in [0.1, 0.15) is 6.67 Å². The Bertz CT molecular complexity index is 360. The van der Waals surface area contributed by atoms with E-state index in [4.69, 9.17) is 14.7 Å². The van der Waals surface area contributed by atoms with Gasteiger partial charge in [0.25, 0.3) is 0 Å². The van der Waals surface area contributed by atoms with Gasteiger partial charge in [0.15, 0.2) is 11.5 Å². The van der Waals surface area contributed by atoms with Crippen LogP contribution in [0, 0.1) is 11.3 Å². The second-order valence-electron chi connectivity index (χ2n) is 2.96. The molecule has 0 bridgehead atoms. The van der Waals surface area contributed by atoms with E-state index >= 15 is 0 Å². The molecule has 0 radical (unpaired) electrons. The van der Waals surface area contributed by atoms with Crippen molar-refractivity contribution in [3.63, 3.8) is 0 Å². The van der Waals surface area contributed by atoms with Gasteiger partial charge in [0.2, 0.25) is 0 Å². The van der Waals surface area contributed by atoms with Crippen LogP contribution in [0.15, 0.2) is 12.1 Å². The summed E-state index contributed by atoms with van der Waals surface area (Å²) in [6.45, 7) is -0.640. The monoisotopic (exact) mass is 209 g/mol. The van der Waals surface area contributed by atoms with Gasteiger partial charge < -0.3 is 9.47 Å². The van der Waals surface area contributed by atoms with E-state index < -0.39 is 6.67 Å². The number of hydrogen-bond donors (Lipinski definition) is 0. The van der Waals surface area contributed by atoms with Crippen LogP contribution < -0.4 is 9.47 Å². The number of methoxy groups -OCH3 is 2. The quantitative estimate of drug-likeness (QED) is 0.763. The van der Waals surface area contributed by atoms with Crippen LogP contribution in [0.5, 0.6) is 11.5 Å². The minimum absolute atomic E-state index is 0.230. The maximum absolute atomic E-state index is 12.7. The third kappa shape index (κ3) is 2.38. The van der Waals surface area contributed by atoms with Crippen molar-refractivity contribution in [1.82, 2.24) is 0 Å². The molecule has 0 fully saturated rings. The summed E-state index contributed by atoms with van der Waals surface area (Å²) < 4.78 is 22.8. The zero-order chi connectivity index (χ0) is 11.3. The van der Waals surface area contributed by atoms with Crippen molar-refractivity contribution < 1.29 is 13.9 Å². The van der Waals surface area contributed by atoms with Gasteiger partial charge in [0.05, 0.1) is 26.7 Å². The summed E-state index contributed by atoms with van der Waals surface area (Å²) in [5.74, 6) is 0.847. The van der Waals surface area contributed by atoms with Crippen LogP contribution in [-0.4, -0.2) is 14.2 Å². The van der Waals surface area contributed by atoms with Crippen molar-refractivity contribution in [2.45, 2.75) is 13.1 Å². The molecule has 15 heavy (non-hydrogen) atoms. The predicted octanol–water partition coefficient (Wildman–Crippen LogP) is 2.24. The number of hydrogen-bond acceptors (Lipinski definition) is 3. The van der Waals surface area contributed by atoms with Crippen LogP contribution >= 0.6 is 0 Å². The Morgan fingerprint density at radius 1 is 1.33 bits per heavy atom. The summed E-state index contributed by atoms with van der Waals surface area (Å²) in [7, 11) is 2.94. The van der Waals surface area contributed by atoms with Crippen molar-refractivity contribution in [2.75, 3.05) is 14.2 Å². The molecular formula is C11H12FNO2. The minimum Gasteiger partial charge on any atom is -0.493 e. The molecule has 0 aromatic heterocycles. The van der Waals surface area contributed by atoms with E-state index in [1.54, 1.807) is 12.1 Å². The summed E-state index contributed by atoms with van der Waals surface area (Å²) in [4.78, 5) is 0. The predicted molar refractivity (Wildman–Crippen MR) is 53.7 cm³/mol. The molecule has 0 saturated heterocycles. The average Bonchev–Trinajstić information content (AvgIpc) is 2.28. The summed E-state index contributed by atoms with van der Waals surface area (Å²) in [6.07, 6.45) is 0.230. The van der Waals surface area contributed by atoms with Gasteiger partial charge in [-0.05, 0) is 17.7 Å². The number of rotatable bonds is 4. The molecule has 0 aliphatic heterocycles. The highest BCUT2D eigenvalue weighted by molar-refractivity contribution is 5.49. The Kier molecular flexibility index (Phi) is 3.92. The van der Waals surface area contributed by atoms with Crippen molar-refractivity contribution >= 4 is 0 Å². The van der Waals surface area contributed by atoms with E-state index in [0.29, 0.717) is 17.1 Å². The average molecular weight is 209 g/mol. The molecule has 0 unspecified atom stereocenters. The molecule has 0 atom stereocenters. The first-order valence-corrected chi connectivity index (χ1v) is 4.43. The first kappa shape index (κ1) is 11.3. The molecule has 1 rings (SSSR count). The van der Waals surface area contributed by atoms with Crippen LogP contribution in [0.3, 0.4) is 0 Å². The maximum atomic E-state index is 12.7. The fraction of sp³-hybridized carbons (Fsp3) is 0.364. The highest BCUT2D eigenvalue weighted by Gasteiger charge is 2.11. The Hall–Kier alpha value is -1.76. The molecule has 0 heterocycles. The number of benzene rings is 1. The van der Waals surface area contributed by atoms with Gasteiger partial charge in [-0.1, -0.05) is 0 Å². The lowest BCUT2D eigenvalue weighted by molar-refractivity contribution is 0.344. The fourth-order valence-electron chi connectivity index (χ4n) is 1.40. The van der Waals surface area contributed by atoms with Crippen LogP contribution in [-0.2, 0) is 13.1 Å². The number of ether oxygens (including phenoxy) is 2. The standard InChI is InChI=1S/C11H12FNO2/c1-14-10-6-8(3-4-13)5-9(7-12)11(10)15-2/h5-6H,3,7H2,1-2H3. The zero-order valence-electron chi connectivity index (χ0n) is 8.71. The second-order valence-corrected chi connectivity index (χ2v) is 2.96. The minimum atomic E-state index is -0.640. The van der Waals surface area contributed by atoms with Crippen LogP contribution in [0.4, 0.5) is 4.39 Å².